The Morgan fingerprint density at radius 3 is 2.71 bits per heavy atom. The lowest BCUT2D eigenvalue weighted by Gasteiger charge is -2.29. The summed E-state index contributed by atoms with van der Waals surface area (Å²) in [6.45, 7) is 8.74. The van der Waals surface area contributed by atoms with Crippen LogP contribution < -0.4 is 0 Å². The van der Waals surface area contributed by atoms with Gasteiger partial charge < -0.3 is 29.5 Å². The zero-order chi connectivity index (χ0) is 27.7. The van der Waals surface area contributed by atoms with Gasteiger partial charge in [0.1, 0.15) is 12.2 Å². The van der Waals surface area contributed by atoms with Gasteiger partial charge in [0.05, 0.1) is 42.5 Å². The van der Waals surface area contributed by atoms with Gasteiger partial charge in [-0.2, -0.15) is 0 Å². The lowest BCUT2D eigenvalue weighted by Crippen LogP contribution is -2.40. The van der Waals surface area contributed by atoms with Crippen LogP contribution in [0.15, 0.2) is 60.3 Å². The molecule has 3 heterocycles. The van der Waals surface area contributed by atoms with Crippen LogP contribution >= 0.6 is 11.6 Å². The average molecular weight is 551 g/mol. The second kappa shape index (κ2) is 15.2. The van der Waals surface area contributed by atoms with E-state index in [9.17, 15) is 20.1 Å². The van der Waals surface area contributed by atoms with Crippen molar-refractivity contribution in [3.63, 3.8) is 0 Å². The number of aliphatic hydroxyl groups excluding tert-OH is 3. The van der Waals surface area contributed by atoms with Crippen molar-refractivity contribution in [3.8, 4) is 0 Å². The SMILES string of the molecule is C=C1C[C@H](C)C[C@@H]2CC=C[C@@H](CC=CC(=O)O[C@H]([C@@H](O)C=C[C@@H]3CC(C)=CCO3)C[C@@H](Cl)[C@@H](O)[C@@H](O)C1)O2. The van der Waals surface area contributed by atoms with Crippen LogP contribution in [0, 0.1) is 5.92 Å². The number of carbonyl (C=O) groups is 1. The minimum atomic E-state index is -1.29. The van der Waals surface area contributed by atoms with Crippen LogP contribution in [0.4, 0.5) is 0 Å². The van der Waals surface area contributed by atoms with Gasteiger partial charge >= 0.3 is 5.97 Å². The van der Waals surface area contributed by atoms with Gasteiger partial charge in [0.25, 0.3) is 0 Å². The van der Waals surface area contributed by atoms with Crippen molar-refractivity contribution in [1.82, 2.24) is 0 Å². The van der Waals surface area contributed by atoms with Gasteiger partial charge in [-0.05, 0) is 51.4 Å². The quantitative estimate of drug-likeness (QED) is 0.273. The molecule has 2 bridgehead atoms. The first kappa shape index (κ1) is 30.8. The van der Waals surface area contributed by atoms with E-state index in [0.29, 0.717) is 31.8 Å². The molecule has 0 saturated carbocycles. The molecule has 0 aromatic carbocycles. The summed E-state index contributed by atoms with van der Waals surface area (Å²) in [6.07, 6.45) is 11.3. The fourth-order valence-electron chi connectivity index (χ4n) is 5.15. The molecule has 0 saturated heterocycles. The number of rotatable bonds is 3. The van der Waals surface area contributed by atoms with E-state index in [0.717, 1.165) is 18.4 Å². The van der Waals surface area contributed by atoms with Crippen molar-refractivity contribution in [2.24, 2.45) is 5.92 Å². The largest absolute Gasteiger partial charge is 0.456 e. The molecule has 38 heavy (non-hydrogen) atoms. The van der Waals surface area contributed by atoms with E-state index < -0.39 is 35.8 Å². The summed E-state index contributed by atoms with van der Waals surface area (Å²) in [5.74, 6) is -0.340. The van der Waals surface area contributed by atoms with Crippen LogP contribution in [0.5, 0.6) is 0 Å². The van der Waals surface area contributed by atoms with Gasteiger partial charge in [-0.3, -0.25) is 0 Å². The Balaban J connectivity index is 1.75. The van der Waals surface area contributed by atoms with Gasteiger partial charge in [0, 0.05) is 12.5 Å². The van der Waals surface area contributed by atoms with Crippen molar-refractivity contribution in [3.05, 3.63) is 60.3 Å². The zero-order valence-electron chi connectivity index (χ0n) is 22.5. The first-order chi connectivity index (χ1) is 18.1. The normalized spacial score (nSPS) is 37.3. The summed E-state index contributed by atoms with van der Waals surface area (Å²) in [6, 6.07) is 0. The number of fused-ring (bicyclic) bond motifs is 2. The topological polar surface area (TPSA) is 105 Å². The van der Waals surface area contributed by atoms with Gasteiger partial charge in [-0.25, -0.2) is 4.79 Å². The van der Waals surface area contributed by atoms with E-state index >= 15 is 0 Å². The number of cyclic esters (lactones) is 1. The Morgan fingerprint density at radius 1 is 1.16 bits per heavy atom. The Labute approximate surface area is 231 Å². The Morgan fingerprint density at radius 2 is 1.95 bits per heavy atom. The Bertz CT molecular complexity index is 910. The maximum Gasteiger partial charge on any atom is 0.330 e. The highest BCUT2D eigenvalue weighted by atomic mass is 35.5. The molecule has 8 heteroatoms. The fraction of sp³-hybridized carbons (Fsp3) is 0.633. The number of hydrogen-bond donors (Lipinski definition) is 3. The van der Waals surface area contributed by atoms with Crippen molar-refractivity contribution in [2.75, 3.05) is 6.61 Å². The number of hydrogen-bond acceptors (Lipinski definition) is 7. The third-order valence-electron chi connectivity index (χ3n) is 7.20. The van der Waals surface area contributed by atoms with Crippen LogP contribution in [-0.2, 0) is 19.0 Å². The molecule has 7 nitrogen and oxygen atoms in total. The first-order valence-corrected chi connectivity index (χ1v) is 14.0. The summed E-state index contributed by atoms with van der Waals surface area (Å²) in [4.78, 5) is 12.7. The summed E-state index contributed by atoms with van der Waals surface area (Å²) in [5.41, 5.74) is 2.02. The second-order valence-electron chi connectivity index (χ2n) is 10.9. The molecule has 9 atom stereocenters. The third kappa shape index (κ3) is 10.1. The van der Waals surface area contributed by atoms with Crippen molar-refractivity contribution in [2.45, 2.75) is 107 Å². The minimum absolute atomic E-state index is 0.0612. The van der Waals surface area contributed by atoms with Gasteiger partial charge in [0.2, 0.25) is 0 Å². The van der Waals surface area contributed by atoms with E-state index in [2.05, 4.69) is 19.6 Å². The number of carbonyl (C=O) groups excluding carboxylic acids is 1. The molecule has 0 unspecified atom stereocenters. The number of alkyl halides is 1. The lowest BCUT2D eigenvalue weighted by molar-refractivity contribution is -0.148. The number of halogens is 1. The second-order valence-corrected chi connectivity index (χ2v) is 11.4. The van der Waals surface area contributed by atoms with Crippen molar-refractivity contribution >= 4 is 17.6 Å². The summed E-state index contributed by atoms with van der Waals surface area (Å²) in [5, 5.41) is 31.3. The molecule has 0 fully saturated rings. The van der Waals surface area contributed by atoms with Crippen LogP contribution in [-0.4, -0.2) is 76.0 Å². The monoisotopic (exact) mass is 550 g/mol. The Kier molecular flexibility index (Phi) is 12.3. The third-order valence-corrected chi connectivity index (χ3v) is 7.63. The van der Waals surface area contributed by atoms with Crippen LogP contribution in [0.2, 0.25) is 0 Å². The maximum absolute atomic E-state index is 12.7. The van der Waals surface area contributed by atoms with Crippen LogP contribution in [0.25, 0.3) is 0 Å². The van der Waals surface area contributed by atoms with Gasteiger partial charge in [-0.15, -0.1) is 11.6 Å². The molecular formula is C30H43ClO7. The number of aliphatic hydroxyl groups is 3. The van der Waals surface area contributed by atoms with Gasteiger partial charge in [-0.1, -0.05) is 61.1 Å². The molecule has 3 aliphatic rings. The molecule has 3 rings (SSSR count). The molecule has 0 radical (unpaired) electrons. The van der Waals surface area contributed by atoms with Crippen LogP contribution in [0.3, 0.4) is 0 Å². The lowest BCUT2D eigenvalue weighted by atomic mass is 9.90. The van der Waals surface area contributed by atoms with Gasteiger partial charge in [0.15, 0.2) is 0 Å². The van der Waals surface area contributed by atoms with E-state index in [1.54, 1.807) is 12.2 Å². The van der Waals surface area contributed by atoms with Crippen LogP contribution in [0.1, 0.15) is 58.8 Å². The molecule has 0 aliphatic carbocycles. The predicted octanol–water partition coefficient (Wildman–Crippen LogP) is 4.31. The summed E-state index contributed by atoms with van der Waals surface area (Å²) < 4.78 is 17.4. The van der Waals surface area contributed by atoms with E-state index in [-0.39, 0.29) is 31.2 Å². The molecule has 0 aromatic rings. The molecular weight excluding hydrogens is 508 g/mol. The van der Waals surface area contributed by atoms with E-state index in [1.165, 1.54) is 17.7 Å². The highest BCUT2D eigenvalue weighted by Gasteiger charge is 2.32. The van der Waals surface area contributed by atoms with Crippen molar-refractivity contribution < 1.29 is 34.3 Å². The molecule has 3 aliphatic heterocycles. The first-order valence-electron chi connectivity index (χ1n) is 13.6. The summed E-state index contributed by atoms with van der Waals surface area (Å²) in [7, 11) is 0. The molecule has 3 N–H and O–H groups in total. The fourth-order valence-corrected chi connectivity index (χ4v) is 5.49. The van der Waals surface area contributed by atoms with E-state index in [1.807, 2.05) is 19.1 Å². The Hall–Kier alpha value is -1.74. The molecule has 0 aromatic heterocycles. The predicted molar refractivity (Wildman–Crippen MR) is 148 cm³/mol. The molecule has 0 spiro atoms. The average Bonchev–Trinajstić information content (AvgIpc) is 2.85. The maximum atomic E-state index is 12.7. The highest BCUT2D eigenvalue weighted by Crippen LogP contribution is 2.27. The summed E-state index contributed by atoms with van der Waals surface area (Å²) >= 11 is 6.49. The molecule has 212 valence electrons. The number of esters is 1. The standard InChI is InChI=1S/C30H43ClO7/c1-19-12-13-36-23(15-19)10-11-26(32)28-18-25(31)30(35)27(33)17-21(3)14-20(2)16-24-8-4-6-22(37-24)7-5-9-29(34)38-28/h4-6,9-12,20,22-28,30,32-33,35H,3,7-8,13-18H2,1-2H3/t20-,22-,23+,24-,25+,26-,27-,28-,30+/m0/s1. The van der Waals surface area contributed by atoms with E-state index in [4.69, 9.17) is 25.8 Å². The zero-order valence-corrected chi connectivity index (χ0v) is 23.2. The highest BCUT2D eigenvalue weighted by molar-refractivity contribution is 6.21. The molecule has 0 amide bonds. The number of ether oxygens (including phenoxy) is 3. The minimum Gasteiger partial charge on any atom is -0.456 e. The van der Waals surface area contributed by atoms with Crippen molar-refractivity contribution in [1.29, 1.82) is 0 Å². The smallest absolute Gasteiger partial charge is 0.330 e.